The molecule has 2 N–H and O–H groups in total. The SMILES string of the molecule is CC(C)(C)OCc1cccc(CN=C(N)N2CCSCC2)c1.I. The molecule has 0 aliphatic carbocycles. The average Bonchev–Trinajstić information content (AvgIpc) is 2.51. The van der Waals surface area contributed by atoms with E-state index in [1.165, 1.54) is 11.1 Å². The summed E-state index contributed by atoms with van der Waals surface area (Å²) in [6.45, 7) is 9.45. The zero-order chi connectivity index (χ0) is 16.0. The van der Waals surface area contributed by atoms with Crippen LogP contribution in [0.4, 0.5) is 0 Å². The van der Waals surface area contributed by atoms with Crippen LogP contribution < -0.4 is 5.73 Å². The van der Waals surface area contributed by atoms with Crippen molar-refractivity contribution in [1.82, 2.24) is 4.90 Å². The van der Waals surface area contributed by atoms with Gasteiger partial charge in [-0.25, -0.2) is 4.99 Å². The number of halogens is 1. The zero-order valence-electron chi connectivity index (χ0n) is 14.2. The highest BCUT2D eigenvalue weighted by Gasteiger charge is 2.12. The molecule has 2 rings (SSSR count). The maximum atomic E-state index is 6.09. The Morgan fingerprint density at radius 3 is 2.57 bits per heavy atom. The number of rotatable bonds is 4. The molecule has 0 amide bonds. The van der Waals surface area contributed by atoms with Gasteiger partial charge in [-0.2, -0.15) is 11.8 Å². The summed E-state index contributed by atoms with van der Waals surface area (Å²) < 4.78 is 5.82. The summed E-state index contributed by atoms with van der Waals surface area (Å²) in [7, 11) is 0. The molecular weight excluding hydrogens is 421 g/mol. The normalized spacial score (nSPS) is 16.1. The second kappa shape index (κ2) is 9.74. The van der Waals surface area contributed by atoms with Gasteiger partial charge in [-0.3, -0.25) is 0 Å². The van der Waals surface area contributed by atoms with E-state index in [9.17, 15) is 0 Å². The lowest BCUT2D eigenvalue weighted by Crippen LogP contribution is -2.42. The van der Waals surface area contributed by atoms with Crippen molar-refractivity contribution in [2.45, 2.75) is 39.5 Å². The number of hydrogen-bond donors (Lipinski definition) is 1. The Hall–Kier alpha value is -0.470. The van der Waals surface area contributed by atoms with Gasteiger partial charge in [-0.1, -0.05) is 24.3 Å². The molecule has 4 nitrogen and oxygen atoms in total. The molecule has 1 aliphatic heterocycles. The number of aliphatic imine (C=N–C) groups is 1. The first-order chi connectivity index (χ1) is 10.4. The van der Waals surface area contributed by atoms with Gasteiger partial charge in [0, 0.05) is 24.6 Å². The fourth-order valence-electron chi connectivity index (χ4n) is 2.18. The summed E-state index contributed by atoms with van der Waals surface area (Å²) in [5, 5.41) is 0. The van der Waals surface area contributed by atoms with Crippen LogP contribution in [0, 0.1) is 0 Å². The Labute approximate surface area is 161 Å². The third-order valence-corrected chi connectivity index (χ3v) is 4.36. The Bertz CT molecular complexity index is 511. The van der Waals surface area contributed by atoms with Crippen LogP contribution in [0.25, 0.3) is 0 Å². The van der Waals surface area contributed by atoms with Crippen molar-refractivity contribution in [1.29, 1.82) is 0 Å². The molecule has 130 valence electrons. The van der Waals surface area contributed by atoms with Crippen molar-refractivity contribution in [2.75, 3.05) is 24.6 Å². The van der Waals surface area contributed by atoms with Crippen LogP contribution in [0.2, 0.25) is 0 Å². The standard InChI is InChI=1S/C17H27N3OS.HI/c1-17(2,3)21-13-15-6-4-5-14(11-15)12-19-16(18)20-7-9-22-10-8-20;/h4-6,11H,7-10,12-13H2,1-3H3,(H2,18,19);1H. The van der Waals surface area contributed by atoms with Crippen molar-refractivity contribution in [2.24, 2.45) is 10.7 Å². The molecule has 1 aromatic carbocycles. The molecular formula is C17H28IN3OS. The lowest BCUT2D eigenvalue weighted by Gasteiger charge is -2.27. The minimum Gasteiger partial charge on any atom is -0.371 e. The van der Waals surface area contributed by atoms with E-state index in [-0.39, 0.29) is 29.6 Å². The van der Waals surface area contributed by atoms with Crippen LogP contribution in [0.1, 0.15) is 31.9 Å². The van der Waals surface area contributed by atoms with E-state index in [1.807, 2.05) is 11.8 Å². The Balaban J connectivity index is 0.00000264. The maximum Gasteiger partial charge on any atom is 0.191 e. The fourth-order valence-corrected chi connectivity index (χ4v) is 3.09. The molecule has 0 bridgehead atoms. The van der Waals surface area contributed by atoms with Gasteiger partial charge in [-0.05, 0) is 31.9 Å². The van der Waals surface area contributed by atoms with E-state index in [2.05, 4.69) is 54.9 Å². The summed E-state index contributed by atoms with van der Waals surface area (Å²) in [5.74, 6) is 2.93. The summed E-state index contributed by atoms with van der Waals surface area (Å²) in [6.07, 6.45) is 0. The van der Waals surface area contributed by atoms with Crippen LogP contribution in [-0.2, 0) is 17.9 Å². The van der Waals surface area contributed by atoms with Gasteiger partial charge in [0.25, 0.3) is 0 Å². The third-order valence-electron chi connectivity index (χ3n) is 3.42. The van der Waals surface area contributed by atoms with E-state index in [1.54, 1.807) is 0 Å². The molecule has 0 aromatic heterocycles. The van der Waals surface area contributed by atoms with Gasteiger partial charge in [-0.15, -0.1) is 24.0 Å². The number of nitrogens with zero attached hydrogens (tertiary/aromatic N) is 2. The lowest BCUT2D eigenvalue weighted by atomic mass is 10.1. The highest BCUT2D eigenvalue weighted by atomic mass is 127. The molecule has 0 saturated carbocycles. The summed E-state index contributed by atoms with van der Waals surface area (Å²) in [6, 6.07) is 8.38. The van der Waals surface area contributed by atoms with E-state index < -0.39 is 0 Å². The van der Waals surface area contributed by atoms with Crippen molar-refractivity contribution in [3.8, 4) is 0 Å². The van der Waals surface area contributed by atoms with Crippen LogP contribution in [0.3, 0.4) is 0 Å². The third kappa shape index (κ3) is 7.76. The van der Waals surface area contributed by atoms with Gasteiger partial charge in [0.2, 0.25) is 0 Å². The van der Waals surface area contributed by atoms with Gasteiger partial charge in [0.05, 0.1) is 18.8 Å². The summed E-state index contributed by atoms with van der Waals surface area (Å²) in [4.78, 5) is 6.71. The minimum atomic E-state index is -0.120. The smallest absolute Gasteiger partial charge is 0.191 e. The Morgan fingerprint density at radius 2 is 1.91 bits per heavy atom. The summed E-state index contributed by atoms with van der Waals surface area (Å²) in [5.41, 5.74) is 8.32. The van der Waals surface area contributed by atoms with Crippen LogP contribution >= 0.6 is 35.7 Å². The quantitative estimate of drug-likeness (QED) is 0.435. The first kappa shape index (κ1) is 20.6. The molecule has 6 heteroatoms. The topological polar surface area (TPSA) is 50.9 Å². The first-order valence-corrected chi connectivity index (χ1v) is 8.94. The largest absolute Gasteiger partial charge is 0.371 e. The number of thioether (sulfide) groups is 1. The van der Waals surface area contributed by atoms with E-state index in [0.717, 1.165) is 24.6 Å². The first-order valence-electron chi connectivity index (χ1n) is 7.78. The van der Waals surface area contributed by atoms with E-state index >= 15 is 0 Å². The van der Waals surface area contributed by atoms with Crippen LogP contribution in [0.5, 0.6) is 0 Å². The molecule has 1 aromatic rings. The van der Waals surface area contributed by atoms with Gasteiger partial charge in [0.1, 0.15) is 0 Å². The monoisotopic (exact) mass is 449 g/mol. The zero-order valence-corrected chi connectivity index (χ0v) is 17.4. The molecule has 0 spiro atoms. The second-order valence-corrected chi connectivity index (χ2v) is 7.72. The van der Waals surface area contributed by atoms with Gasteiger partial charge < -0.3 is 15.4 Å². The van der Waals surface area contributed by atoms with Crippen molar-refractivity contribution in [3.63, 3.8) is 0 Å². The predicted octanol–water partition coefficient (Wildman–Crippen LogP) is 3.48. The molecule has 1 heterocycles. The highest BCUT2D eigenvalue weighted by molar-refractivity contribution is 14.0. The molecule has 0 unspecified atom stereocenters. The average molecular weight is 449 g/mol. The molecule has 1 aliphatic rings. The van der Waals surface area contributed by atoms with Crippen molar-refractivity contribution in [3.05, 3.63) is 35.4 Å². The second-order valence-electron chi connectivity index (χ2n) is 6.49. The van der Waals surface area contributed by atoms with Crippen molar-refractivity contribution >= 4 is 41.7 Å². The molecule has 23 heavy (non-hydrogen) atoms. The maximum absolute atomic E-state index is 6.09. The van der Waals surface area contributed by atoms with Gasteiger partial charge in [0.15, 0.2) is 5.96 Å². The molecule has 0 atom stereocenters. The number of nitrogens with two attached hydrogens (primary N) is 1. The molecule has 0 radical (unpaired) electrons. The van der Waals surface area contributed by atoms with Crippen LogP contribution in [0.15, 0.2) is 29.3 Å². The predicted molar refractivity (Wildman–Crippen MR) is 111 cm³/mol. The Kier molecular flexibility index (Phi) is 8.71. The fraction of sp³-hybridized carbons (Fsp3) is 0.588. The highest BCUT2D eigenvalue weighted by Crippen LogP contribution is 2.14. The minimum absolute atomic E-state index is 0. The number of guanidine groups is 1. The lowest BCUT2D eigenvalue weighted by molar-refractivity contribution is -0.0149. The van der Waals surface area contributed by atoms with E-state index in [4.69, 9.17) is 10.5 Å². The number of hydrogen-bond acceptors (Lipinski definition) is 3. The van der Waals surface area contributed by atoms with Crippen molar-refractivity contribution < 1.29 is 4.74 Å². The Morgan fingerprint density at radius 1 is 1.26 bits per heavy atom. The number of benzene rings is 1. The van der Waals surface area contributed by atoms with Crippen LogP contribution in [-0.4, -0.2) is 41.1 Å². The summed E-state index contributed by atoms with van der Waals surface area (Å²) >= 11 is 1.97. The van der Waals surface area contributed by atoms with E-state index in [0.29, 0.717) is 19.1 Å². The molecule has 1 saturated heterocycles. The molecule has 1 fully saturated rings. The van der Waals surface area contributed by atoms with Gasteiger partial charge >= 0.3 is 0 Å². The number of ether oxygens (including phenoxy) is 1.